The Labute approximate surface area is 216 Å². The second-order valence-electron chi connectivity index (χ2n) is 7.58. The molecule has 0 heterocycles. The minimum Gasteiger partial charge on any atom is -0.492 e. The van der Waals surface area contributed by atoms with Gasteiger partial charge in [0.1, 0.15) is 11.5 Å². The molecule has 2 amide bonds. The Morgan fingerprint density at radius 1 is 1.00 bits per heavy atom. The quantitative estimate of drug-likeness (QED) is 0.187. The molecule has 0 aliphatic heterocycles. The Morgan fingerprint density at radius 2 is 1.77 bits per heavy atom. The number of benzene rings is 3. The molecular weight excluding hydrogens is 536 g/mol. The lowest BCUT2D eigenvalue weighted by atomic mass is 10.1. The highest BCUT2D eigenvalue weighted by Crippen LogP contribution is 2.27. The second-order valence-corrected chi connectivity index (χ2v) is 8.90. The van der Waals surface area contributed by atoms with E-state index in [1.165, 1.54) is 13.0 Å². The van der Waals surface area contributed by atoms with Gasteiger partial charge in [0.15, 0.2) is 0 Å². The van der Waals surface area contributed by atoms with Crippen LogP contribution in [0.15, 0.2) is 71.2 Å². The van der Waals surface area contributed by atoms with Crippen molar-refractivity contribution in [3.8, 4) is 11.5 Å². The summed E-state index contributed by atoms with van der Waals surface area (Å²) in [6, 6.07) is 19.0. The van der Waals surface area contributed by atoms with Crippen molar-refractivity contribution in [1.82, 2.24) is 5.32 Å². The van der Waals surface area contributed by atoms with Gasteiger partial charge in [-0.2, -0.15) is 0 Å². The summed E-state index contributed by atoms with van der Waals surface area (Å²) in [4.78, 5) is 35.7. The molecule has 3 aromatic rings. The first kappa shape index (κ1) is 26.2. The molecule has 0 spiro atoms. The second kappa shape index (κ2) is 12.9. The number of rotatable bonds is 10. The van der Waals surface area contributed by atoms with Crippen LogP contribution >= 0.6 is 27.5 Å². The Morgan fingerprint density at radius 3 is 2.49 bits per heavy atom. The number of nitrogens with one attached hydrogen (secondary N) is 2. The largest absolute Gasteiger partial charge is 0.492 e. The number of ether oxygens (including phenoxy) is 2. The SMILES string of the molecule is CC(=O)Oc1cccc(C(=O)NCc2ccc(NC(=O)CCCOc3ccc(Br)cc3Cl)cc2)c1. The van der Waals surface area contributed by atoms with Gasteiger partial charge in [0.25, 0.3) is 5.91 Å². The van der Waals surface area contributed by atoms with Crippen molar-refractivity contribution in [3.05, 3.63) is 87.4 Å². The van der Waals surface area contributed by atoms with Gasteiger partial charge in [-0.15, -0.1) is 0 Å². The van der Waals surface area contributed by atoms with Gasteiger partial charge >= 0.3 is 5.97 Å². The molecule has 3 rings (SSSR count). The van der Waals surface area contributed by atoms with E-state index in [2.05, 4.69) is 26.6 Å². The van der Waals surface area contributed by atoms with Crippen molar-refractivity contribution in [3.63, 3.8) is 0 Å². The van der Waals surface area contributed by atoms with E-state index in [1.807, 2.05) is 18.2 Å². The van der Waals surface area contributed by atoms with Gasteiger partial charge in [-0.3, -0.25) is 14.4 Å². The van der Waals surface area contributed by atoms with Crippen molar-refractivity contribution in [2.75, 3.05) is 11.9 Å². The maximum atomic E-state index is 12.4. The predicted molar refractivity (Wildman–Crippen MR) is 138 cm³/mol. The molecule has 7 nitrogen and oxygen atoms in total. The lowest BCUT2D eigenvalue weighted by Crippen LogP contribution is -2.22. The summed E-state index contributed by atoms with van der Waals surface area (Å²) in [5, 5.41) is 6.17. The fourth-order valence-corrected chi connectivity index (χ4v) is 3.82. The minimum absolute atomic E-state index is 0.121. The Balaban J connectivity index is 1.40. The van der Waals surface area contributed by atoms with E-state index < -0.39 is 5.97 Å². The molecule has 0 fully saturated rings. The summed E-state index contributed by atoms with van der Waals surface area (Å²) in [5.41, 5.74) is 1.92. The first-order chi connectivity index (χ1) is 16.8. The Kier molecular flexibility index (Phi) is 9.69. The molecule has 0 radical (unpaired) electrons. The number of amides is 2. The average Bonchev–Trinajstić information content (AvgIpc) is 2.82. The van der Waals surface area contributed by atoms with Gasteiger partial charge in [0, 0.05) is 35.6 Å². The molecule has 0 saturated carbocycles. The number of hydrogen-bond donors (Lipinski definition) is 2. The lowest BCUT2D eigenvalue weighted by molar-refractivity contribution is -0.131. The van der Waals surface area contributed by atoms with Crippen LogP contribution in [0.1, 0.15) is 35.7 Å². The summed E-state index contributed by atoms with van der Waals surface area (Å²) >= 11 is 9.45. The van der Waals surface area contributed by atoms with E-state index in [1.54, 1.807) is 42.5 Å². The van der Waals surface area contributed by atoms with Crippen LogP contribution in [-0.4, -0.2) is 24.4 Å². The van der Waals surface area contributed by atoms with E-state index in [0.717, 1.165) is 10.0 Å². The number of anilines is 1. The first-order valence-electron chi connectivity index (χ1n) is 10.8. The van der Waals surface area contributed by atoms with Crippen LogP contribution < -0.4 is 20.1 Å². The van der Waals surface area contributed by atoms with Gasteiger partial charge in [-0.1, -0.05) is 45.7 Å². The van der Waals surface area contributed by atoms with Gasteiger partial charge < -0.3 is 20.1 Å². The highest BCUT2D eigenvalue weighted by atomic mass is 79.9. The first-order valence-corrected chi connectivity index (χ1v) is 12.0. The van der Waals surface area contributed by atoms with Crippen molar-refractivity contribution in [2.45, 2.75) is 26.3 Å². The van der Waals surface area contributed by atoms with Crippen molar-refractivity contribution < 1.29 is 23.9 Å². The molecule has 182 valence electrons. The number of esters is 1. The molecule has 0 bridgehead atoms. The summed E-state index contributed by atoms with van der Waals surface area (Å²) in [6.45, 7) is 1.98. The Bertz CT molecular complexity index is 1200. The molecule has 0 unspecified atom stereocenters. The molecule has 0 saturated heterocycles. The number of carbonyl (C=O) groups excluding carboxylic acids is 3. The van der Waals surface area contributed by atoms with Crippen LogP contribution in [0.5, 0.6) is 11.5 Å². The summed E-state index contributed by atoms with van der Waals surface area (Å²) in [5.74, 6) is 0.0323. The third-order valence-corrected chi connectivity index (χ3v) is 5.54. The van der Waals surface area contributed by atoms with Crippen LogP contribution in [0.25, 0.3) is 0 Å². The maximum Gasteiger partial charge on any atom is 0.308 e. The van der Waals surface area contributed by atoms with Gasteiger partial charge in [0.05, 0.1) is 11.6 Å². The molecular formula is C26H24BrClN2O5. The van der Waals surface area contributed by atoms with Crippen LogP contribution in [0.2, 0.25) is 5.02 Å². The van der Waals surface area contributed by atoms with Gasteiger partial charge in [-0.25, -0.2) is 0 Å². The van der Waals surface area contributed by atoms with E-state index in [9.17, 15) is 14.4 Å². The zero-order valence-electron chi connectivity index (χ0n) is 19.0. The predicted octanol–water partition coefficient (Wildman–Crippen LogP) is 5.76. The number of hydrogen-bond acceptors (Lipinski definition) is 5. The van der Waals surface area contributed by atoms with Crippen LogP contribution in [0.3, 0.4) is 0 Å². The third-order valence-electron chi connectivity index (χ3n) is 4.75. The zero-order valence-corrected chi connectivity index (χ0v) is 21.3. The molecule has 0 aromatic heterocycles. The fourth-order valence-electron chi connectivity index (χ4n) is 3.09. The maximum absolute atomic E-state index is 12.4. The molecule has 0 aliphatic carbocycles. The summed E-state index contributed by atoms with van der Waals surface area (Å²) in [7, 11) is 0. The molecule has 3 aromatic carbocycles. The van der Waals surface area contributed by atoms with Crippen molar-refractivity contribution >= 4 is 51.0 Å². The number of halogens is 2. The molecule has 0 atom stereocenters. The van der Waals surface area contributed by atoms with Crippen LogP contribution in [0, 0.1) is 0 Å². The lowest BCUT2D eigenvalue weighted by Gasteiger charge is -2.10. The van der Waals surface area contributed by atoms with E-state index in [-0.39, 0.29) is 11.8 Å². The zero-order chi connectivity index (χ0) is 25.2. The van der Waals surface area contributed by atoms with Crippen molar-refractivity contribution in [2.24, 2.45) is 0 Å². The third kappa shape index (κ3) is 8.73. The smallest absolute Gasteiger partial charge is 0.308 e. The fraction of sp³-hybridized carbons (Fsp3) is 0.192. The number of carbonyl (C=O) groups is 3. The van der Waals surface area contributed by atoms with E-state index in [0.29, 0.717) is 53.8 Å². The van der Waals surface area contributed by atoms with Crippen molar-refractivity contribution in [1.29, 1.82) is 0 Å². The monoisotopic (exact) mass is 558 g/mol. The molecule has 0 aliphatic rings. The topological polar surface area (TPSA) is 93.7 Å². The summed E-state index contributed by atoms with van der Waals surface area (Å²) in [6.07, 6.45) is 0.847. The van der Waals surface area contributed by atoms with Crippen LogP contribution in [0.4, 0.5) is 5.69 Å². The standard InChI is InChI=1S/C26H24BrClN2O5/c1-17(31)35-22-5-2-4-19(14-22)26(33)29-16-18-7-10-21(11-8-18)30-25(32)6-3-13-34-24-12-9-20(27)15-23(24)28/h2,4-5,7-12,14-15H,3,6,13,16H2,1H3,(H,29,33)(H,30,32). The van der Waals surface area contributed by atoms with E-state index >= 15 is 0 Å². The highest BCUT2D eigenvalue weighted by Gasteiger charge is 2.09. The van der Waals surface area contributed by atoms with Gasteiger partial charge in [-0.05, 0) is 60.5 Å². The van der Waals surface area contributed by atoms with E-state index in [4.69, 9.17) is 21.1 Å². The minimum atomic E-state index is -0.450. The normalized spacial score (nSPS) is 10.4. The Hall–Kier alpha value is -3.36. The highest BCUT2D eigenvalue weighted by molar-refractivity contribution is 9.10. The molecule has 35 heavy (non-hydrogen) atoms. The molecule has 9 heteroatoms. The molecule has 2 N–H and O–H groups in total. The van der Waals surface area contributed by atoms with Gasteiger partial charge in [0.2, 0.25) is 5.91 Å². The summed E-state index contributed by atoms with van der Waals surface area (Å²) < 4.78 is 11.5. The van der Waals surface area contributed by atoms with Crippen LogP contribution in [-0.2, 0) is 16.1 Å². The average molecular weight is 560 g/mol.